The number of hydrogen-bond acceptors (Lipinski definition) is 7. The number of nitrogens with zero attached hydrogens (tertiary/aromatic N) is 4. The Hall–Kier alpha value is -4.11. The molecule has 1 unspecified atom stereocenters. The molecule has 0 bridgehead atoms. The lowest BCUT2D eigenvalue weighted by Crippen LogP contribution is -2.10. The number of carbonyl (C=O) groups is 2. The van der Waals surface area contributed by atoms with Crippen LogP contribution in [0.5, 0.6) is 0 Å². The number of ether oxygens (including phenoxy) is 1. The Bertz CT molecular complexity index is 1210. The van der Waals surface area contributed by atoms with Gasteiger partial charge in [-0.25, -0.2) is 9.59 Å². The van der Waals surface area contributed by atoms with Gasteiger partial charge in [-0.2, -0.15) is 4.68 Å². The first-order valence-electron chi connectivity index (χ1n) is 8.94. The molecule has 30 heavy (non-hydrogen) atoms. The van der Waals surface area contributed by atoms with E-state index in [9.17, 15) is 14.7 Å². The third-order valence-electron chi connectivity index (χ3n) is 4.61. The number of fused-ring (bicyclic) bond motifs is 1. The Balaban J connectivity index is 1.56. The highest BCUT2D eigenvalue weighted by Crippen LogP contribution is 2.26. The van der Waals surface area contributed by atoms with Gasteiger partial charge in [0.1, 0.15) is 12.4 Å². The molecule has 0 radical (unpaired) electrons. The molecule has 9 nitrogen and oxygen atoms in total. The third kappa shape index (κ3) is 4.01. The first-order chi connectivity index (χ1) is 14.5. The first-order valence-corrected chi connectivity index (χ1v) is 8.94. The fourth-order valence-electron chi connectivity index (χ4n) is 3.01. The monoisotopic (exact) mass is 404 g/mol. The van der Waals surface area contributed by atoms with Gasteiger partial charge in [0, 0.05) is 0 Å². The van der Waals surface area contributed by atoms with Crippen LogP contribution in [0, 0.1) is 0 Å². The summed E-state index contributed by atoms with van der Waals surface area (Å²) >= 11 is 0. The van der Waals surface area contributed by atoms with Gasteiger partial charge in [-0.15, -0.1) is 5.10 Å². The maximum Gasteiger partial charge on any atom is 0.339 e. The third-order valence-corrected chi connectivity index (χ3v) is 4.61. The number of esters is 1. The quantitative estimate of drug-likeness (QED) is 0.469. The maximum atomic E-state index is 12.3. The Kier molecular flexibility index (Phi) is 5.19. The van der Waals surface area contributed by atoms with E-state index in [1.54, 1.807) is 42.5 Å². The lowest BCUT2D eigenvalue weighted by atomic mass is 9.97. The molecule has 1 aromatic heterocycles. The number of aromatic carboxylic acids is 1. The van der Waals surface area contributed by atoms with Gasteiger partial charge in [-0.05, 0) is 62.7 Å². The average molecular weight is 404 g/mol. The molecule has 150 valence electrons. The number of carboxylic acid groups (broad SMARTS) is 1. The smallest absolute Gasteiger partial charge is 0.339 e. The number of aromatic nitrogens is 4. The van der Waals surface area contributed by atoms with Gasteiger partial charge in [0.25, 0.3) is 0 Å². The number of carboxylic acids is 1. The molecule has 0 saturated carbocycles. The topological polar surface area (TPSA) is 127 Å². The number of aliphatic hydroxyl groups is 1. The molecule has 4 rings (SSSR count). The van der Waals surface area contributed by atoms with Gasteiger partial charge < -0.3 is 14.9 Å². The van der Waals surface area contributed by atoms with Crippen LogP contribution in [0.15, 0.2) is 67.0 Å². The highest BCUT2D eigenvalue weighted by atomic mass is 16.5. The summed E-state index contributed by atoms with van der Waals surface area (Å²) in [6.07, 6.45) is 0.400. The minimum atomic E-state index is -1.03. The predicted octanol–water partition coefficient (Wildman–Crippen LogP) is 2.42. The van der Waals surface area contributed by atoms with Crippen LogP contribution in [0.25, 0.3) is 10.8 Å². The molecule has 3 aromatic carbocycles. The number of benzene rings is 3. The van der Waals surface area contributed by atoms with Crippen LogP contribution in [0.3, 0.4) is 0 Å². The van der Waals surface area contributed by atoms with Gasteiger partial charge in [-0.3, -0.25) is 0 Å². The van der Waals surface area contributed by atoms with Gasteiger partial charge in [-0.1, -0.05) is 30.3 Å². The van der Waals surface area contributed by atoms with Crippen molar-refractivity contribution in [2.75, 3.05) is 0 Å². The predicted molar refractivity (Wildman–Crippen MR) is 105 cm³/mol. The minimum Gasteiger partial charge on any atom is -0.478 e. The second kappa shape index (κ2) is 8.10. The van der Waals surface area contributed by atoms with Crippen LogP contribution < -0.4 is 0 Å². The van der Waals surface area contributed by atoms with Crippen molar-refractivity contribution < 1.29 is 24.5 Å². The van der Waals surface area contributed by atoms with Crippen molar-refractivity contribution in [3.63, 3.8) is 0 Å². The molecule has 1 heterocycles. The molecule has 2 N–H and O–H groups in total. The fraction of sp³-hybridized carbons (Fsp3) is 0.0952. The summed E-state index contributed by atoms with van der Waals surface area (Å²) in [5.74, 6) is -1.55. The maximum absolute atomic E-state index is 12.3. The number of hydrogen-bond donors (Lipinski definition) is 2. The van der Waals surface area contributed by atoms with Crippen molar-refractivity contribution in [1.82, 2.24) is 20.2 Å². The summed E-state index contributed by atoms with van der Waals surface area (Å²) in [5.41, 5.74) is 1.68. The fourth-order valence-corrected chi connectivity index (χ4v) is 3.01. The van der Waals surface area contributed by atoms with Gasteiger partial charge >= 0.3 is 11.9 Å². The van der Waals surface area contributed by atoms with Gasteiger partial charge in [0.15, 0.2) is 6.73 Å². The van der Waals surface area contributed by atoms with Gasteiger partial charge in [0.2, 0.25) is 0 Å². The Morgan fingerprint density at radius 3 is 2.33 bits per heavy atom. The van der Waals surface area contributed by atoms with Crippen LogP contribution >= 0.6 is 0 Å². The van der Waals surface area contributed by atoms with Crippen molar-refractivity contribution in [2.24, 2.45) is 0 Å². The van der Waals surface area contributed by atoms with E-state index in [0.29, 0.717) is 16.7 Å². The summed E-state index contributed by atoms with van der Waals surface area (Å²) in [6.45, 7) is -0.102. The Morgan fingerprint density at radius 1 is 0.933 bits per heavy atom. The van der Waals surface area contributed by atoms with Crippen molar-refractivity contribution in [2.45, 2.75) is 12.8 Å². The molecule has 0 spiro atoms. The number of tetrazole rings is 1. The molecule has 0 aliphatic heterocycles. The molecule has 0 saturated heterocycles. The zero-order valence-corrected chi connectivity index (χ0v) is 15.5. The van der Waals surface area contributed by atoms with Crippen molar-refractivity contribution in [3.8, 4) is 0 Å². The van der Waals surface area contributed by atoms with Crippen molar-refractivity contribution in [3.05, 3.63) is 89.2 Å². The SMILES string of the molecule is O=C(O)c1ccc(C(O)c2ccc3ccc(C(=O)OCn4cnnn4)cc3c2)cc1. The Morgan fingerprint density at radius 2 is 1.63 bits per heavy atom. The number of rotatable bonds is 6. The summed E-state index contributed by atoms with van der Waals surface area (Å²) < 4.78 is 6.46. The first kappa shape index (κ1) is 19.2. The molecule has 0 aliphatic rings. The van der Waals surface area contributed by atoms with E-state index >= 15 is 0 Å². The van der Waals surface area contributed by atoms with E-state index in [0.717, 1.165) is 10.8 Å². The number of carbonyl (C=O) groups excluding carboxylic acids is 1. The van der Waals surface area contributed by atoms with E-state index < -0.39 is 18.0 Å². The summed E-state index contributed by atoms with van der Waals surface area (Å²) in [4.78, 5) is 23.3. The zero-order chi connectivity index (χ0) is 21.1. The van der Waals surface area contributed by atoms with Crippen LogP contribution in [0.4, 0.5) is 0 Å². The van der Waals surface area contributed by atoms with Crippen LogP contribution in [-0.2, 0) is 11.5 Å². The Labute approximate surface area is 170 Å². The van der Waals surface area contributed by atoms with E-state index in [1.807, 2.05) is 6.07 Å². The largest absolute Gasteiger partial charge is 0.478 e. The molecular weight excluding hydrogens is 388 g/mol. The summed E-state index contributed by atoms with van der Waals surface area (Å²) in [5, 5.41) is 31.9. The molecule has 0 amide bonds. The lowest BCUT2D eigenvalue weighted by molar-refractivity contribution is 0.0346. The highest BCUT2D eigenvalue weighted by Gasteiger charge is 2.14. The molecule has 4 aromatic rings. The summed E-state index contributed by atoms with van der Waals surface area (Å²) in [7, 11) is 0. The van der Waals surface area contributed by atoms with E-state index in [-0.39, 0.29) is 12.3 Å². The van der Waals surface area contributed by atoms with Crippen molar-refractivity contribution in [1.29, 1.82) is 0 Å². The van der Waals surface area contributed by atoms with E-state index in [1.165, 1.54) is 23.1 Å². The van der Waals surface area contributed by atoms with E-state index in [2.05, 4.69) is 15.5 Å². The molecule has 9 heteroatoms. The number of aliphatic hydroxyl groups excluding tert-OH is 1. The van der Waals surface area contributed by atoms with Crippen LogP contribution in [-0.4, -0.2) is 42.4 Å². The highest BCUT2D eigenvalue weighted by molar-refractivity contribution is 5.95. The van der Waals surface area contributed by atoms with E-state index in [4.69, 9.17) is 9.84 Å². The second-order valence-corrected chi connectivity index (χ2v) is 6.56. The van der Waals surface area contributed by atoms with Crippen LogP contribution in [0.1, 0.15) is 37.9 Å². The standard InChI is InChI=1S/C21H16N4O5/c26-19(14-3-5-15(6-4-14)20(27)28)16-7-1-13-2-8-17(10-18(13)9-16)21(29)30-12-25-11-22-23-24-25/h1-11,19,26H,12H2,(H,27,28). The van der Waals surface area contributed by atoms with Gasteiger partial charge in [0.05, 0.1) is 11.1 Å². The molecule has 1 atom stereocenters. The minimum absolute atomic E-state index is 0.102. The lowest BCUT2D eigenvalue weighted by Gasteiger charge is -2.13. The zero-order valence-electron chi connectivity index (χ0n) is 15.5. The average Bonchev–Trinajstić information content (AvgIpc) is 3.30. The van der Waals surface area contributed by atoms with Crippen LogP contribution in [0.2, 0.25) is 0 Å². The molecule has 0 aliphatic carbocycles. The second-order valence-electron chi connectivity index (χ2n) is 6.56. The molecule has 0 fully saturated rings. The summed E-state index contributed by atoms with van der Waals surface area (Å²) in [6, 6.07) is 16.6. The molecular formula is C21H16N4O5. The normalized spacial score (nSPS) is 11.9. The van der Waals surface area contributed by atoms with Crippen molar-refractivity contribution >= 4 is 22.7 Å².